The smallest absolute Gasteiger partial charge is 0.238 e. The molecule has 1 heterocycles. The van der Waals surface area contributed by atoms with Crippen molar-refractivity contribution in [2.45, 2.75) is 21.4 Å². The molecule has 0 saturated heterocycles. The number of thioether (sulfide) groups is 1. The maximum atomic E-state index is 12.4. The Labute approximate surface area is 170 Å². The third-order valence-corrected chi connectivity index (χ3v) is 6.48. The number of carbonyl (C=O) groups is 1. The van der Waals surface area contributed by atoms with E-state index in [1.54, 1.807) is 6.92 Å². The summed E-state index contributed by atoms with van der Waals surface area (Å²) in [5, 5.41) is 19.3. The molecule has 11 heteroatoms. The second-order valence-corrected chi connectivity index (χ2v) is 9.81. The van der Waals surface area contributed by atoms with Crippen LogP contribution in [0.2, 0.25) is 0 Å². The van der Waals surface area contributed by atoms with E-state index < -0.39 is 15.3 Å². The number of nitrogens with one attached hydrogen (secondary N) is 2. The van der Waals surface area contributed by atoms with Gasteiger partial charge < -0.3 is 10.6 Å². The number of sulfonamides is 1. The largest absolute Gasteiger partial charge is 0.330 e. The predicted molar refractivity (Wildman–Crippen MR) is 111 cm³/mol. The molecule has 4 N–H and O–H groups in total. The van der Waals surface area contributed by atoms with Gasteiger partial charge in [-0.25, -0.2) is 13.6 Å². The summed E-state index contributed by atoms with van der Waals surface area (Å²) in [4.78, 5) is 12.3. The van der Waals surface area contributed by atoms with Crippen molar-refractivity contribution in [2.24, 2.45) is 5.14 Å². The summed E-state index contributed by atoms with van der Waals surface area (Å²) in [6, 6.07) is 15.3. The molecular formula is C17H17N5O3S3. The van der Waals surface area contributed by atoms with E-state index in [9.17, 15) is 13.2 Å². The van der Waals surface area contributed by atoms with Gasteiger partial charge in [0, 0.05) is 11.4 Å². The van der Waals surface area contributed by atoms with E-state index in [0.29, 0.717) is 15.2 Å². The van der Waals surface area contributed by atoms with Crippen molar-refractivity contribution >= 4 is 55.5 Å². The third-order valence-electron chi connectivity index (χ3n) is 3.53. The number of anilines is 3. The summed E-state index contributed by atoms with van der Waals surface area (Å²) in [6.07, 6.45) is 0. The minimum atomic E-state index is -3.76. The first kappa shape index (κ1) is 20.3. The Morgan fingerprint density at radius 3 is 2.39 bits per heavy atom. The van der Waals surface area contributed by atoms with Crippen LogP contribution in [-0.4, -0.2) is 29.8 Å². The van der Waals surface area contributed by atoms with E-state index in [4.69, 9.17) is 5.14 Å². The predicted octanol–water partition coefficient (Wildman–Crippen LogP) is 3.05. The van der Waals surface area contributed by atoms with Gasteiger partial charge in [-0.2, -0.15) is 0 Å². The van der Waals surface area contributed by atoms with Crippen LogP contribution in [0.15, 0.2) is 63.8 Å². The lowest BCUT2D eigenvalue weighted by molar-refractivity contribution is -0.115. The normalized spacial score (nSPS) is 12.4. The Morgan fingerprint density at radius 2 is 1.75 bits per heavy atom. The Hall–Kier alpha value is -2.47. The fourth-order valence-corrected chi connectivity index (χ4v) is 4.56. The van der Waals surface area contributed by atoms with Gasteiger partial charge in [0.1, 0.15) is 0 Å². The van der Waals surface area contributed by atoms with E-state index in [0.717, 1.165) is 5.69 Å². The molecule has 3 rings (SSSR count). The standard InChI is InChI=1S/C17H17N5O3S3/c1-11(15(23)19-13-7-9-14(10-8-13)28(18,24)25)26-17-22-21-16(27-17)20-12-5-3-2-4-6-12/h2-11H,1H3,(H,19,23)(H,20,21)(H2,18,24,25). The molecule has 2 aromatic carbocycles. The molecule has 0 aliphatic carbocycles. The Morgan fingerprint density at radius 1 is 1.07 bits per heavy atom. The molecule has 0 radical (unpaired) electrons. The fraction of sp³-hybridized carbons (Fsp3) is 0.118. The first-order valence-corrected chi connectivity index (χ1v) is 11.3. The summed E-state index contributed by atoms with van der Waals surface area (Å²) in [5.74, 6) is -0.235. The van der Waals surface area contributed by atoms with Crippen LogP contribution in [0.4, 0.5) is 16.5 Å². The fourth-order valence-electron chi connectivity index (χ4n) is 2.13. The Balaban J connectivity index is 1.57. The van der Waals surface area contributed by atoms with Crippen LogP contribution in [-0.2, 0) is 14.8 Å². The number of carbonyl (C=O) groups excluding carboxylic acids is 1. The zero-order valence-corrected chi connectivity index (χ0v) is 17.1. The third kappa shape index (κ3) is 5.52. The summed E-state index contributed by atoms with van der Waals surface area (Å²) in [6.45, 7) is 1.75. The molecule has 0 spiro atoms. The number of amides is 1. The zero-order valence-electron chi connectivity index (χ0n) is 14.7. The second kappa shape index (κ2) is 8.69. The Kier molecular flexibility index (Phi) is 6.29. The van der Waals surface area contributed by atoms with Crippen LogP contribution in [0.5, 0.6) is 0 Å². The minimum Gasteiger partial charge on any atom is -0.330 e. The number of benzene rings is 2. The topological polar surface area (TPSA) is 127 Å². The van der Waals surface area contributed by atoms with Crippen molar-refractivity contribution in [1.29, 1.82) is 0 Å². The molecule has 3 aromatic rings. The highest BCUT2D eigenvalue weighted by atomic mass is 32.2. The molecule has 0 aliphatic heterocycles. The number of aromatic nitrogens is 2. The van der Waals surface area contributed by atoms with Gasteiger partial charge in [-0.1, -0.05) is 41.3 Å². The molecule has 1 unspecified atom stereocenters. The number of nitrogens with two attached hydrogens (primary N) is 1. The monoisotopic (exact) mass is 435 g/mol. The molecule has 0 bridgehead atoms. The Bertz CT molecular complexity index is 1050. The molecule has 1 atom stereocenters. The maximum Gasteiger partial charge on any atom is 0.238 e. The van der Waals surface area contributed by atoms with Crippen molar-refractivity contribution in [3.05, 3.63) is 54.6 Å². The summed E-state index contributed by atoms with van der Waals surface area (Å²) in [5.41, 5.74) is 1.39. The number of primary sulfonamides is 1. The summed E-state index contributed by atoms with van der Waals surface area (Å²) in [7, 11) is -3.76. The van der Waals surface area contributed by atoms with E-state index >= 15 is 0 Å². The molecule has 146 valence electrons. The van der Waals surface area contributed by atoms with Gasteiger partial charge in [0.15, 0.2) is 4.34 Å². The van der Waals surface area contributed by atoms with E-state index in [1.807, 2.05) is 30.3 Å². The van der Waals surface area contributed by atoms with Crippen molar-refractivity contribution in [3.63, 3.8) is 0 Å². The maximum absolute atomic E-state index is 12.4. The van der Waals surface area contributed by atoms with Gasteiger partial charge in [-0.3, -0.25) is 4.79 Å². The van der Waals surface area contributed by atoms with Crippen molar-refractivity contribution in [2.75, 3.05) is 10.6 Å². The first-order valence-electron chi connectivity index (χ1n) is 8.07. The molecule has 8 nitrogen and oxygen atoms in total. The lowest BCUT2D eigenvalue weighted by Gasteiger charge is -2.10. The highest BCUT2D eigenvalue weighted by Crippen LogP contribution is 2.30. The van der Waals surface area contributed by atoms with Crippen molar-refractivity contribution in [3.8, 4) is 0 Å². The summed E-state index contributed by atoms with van der Waals surface area (Å²) < 4.78 is 23.2. The highest BCUT2D eigenvalue weighted by molar-refractivity contribution is 8.02. The quantitative estimate of drug-likeness (QED) is 0.487. The number of rotatable bonds is 7. The highest BCUT2D eigenvalue weighted by Gasteiger charge is 2.18. The molecular weight excluding hydrogens is 418 g/mol. The summed E-state index contributed by atoms with van der Waals surface area (Å²) >= 11 is 2.64. The van der Waals surface area contributed by atoms with Gasteiger partial charge in [-0.05, 0) is 43.3 Å². The van der Waals surface area contributed by atoms with Gasteiger partial charge in [-0.15, -0.1) is 10.2 Å². The average Bonchev–Trinajstić information content (AvgIpc) is 3.09. The second-order valence-electron chi connectivity index (χ2n) is 5.68. The lowest BCUT2D eigenvalue weighted by Crippen LogP contribution is -2.22. The van der Waals surface area contributed by atoms with Gasteiger partial charge in [0.25, 0.3) is 0 Å². The molecule has 28 heavy (non-hydrogen) atoms. The van der Waals surface area contributed by atoms with Crippen LogP contribution in [0.3, 0.4) is 0 Å². The van der Waals surface area contributed by atoms with Crippen LogP contribution < -0.4 is 15.8 Å². The van der Waals surface area contributed by atoms with E-state index in [2.05, 4.69) is 20.8 Å². The van der Waals surface area contributed by atoms with Crippen LogP contribution in [0, 0.1) is 0 Å². The minimum absolute atomic E-state index is 0.0137. The van der Waals surface area contributed by atoms with Crippen LogP contribution in [0.1, 0.15) is 6.92 Å². The SMILES string of the molecule is CC(Sc1nnc(Nc2ccccc2)s1)C(=O)Nc1ccc(S(N)(=O)=O)cc1. The van der Waals surface area contributed by atoms with Crippen molar-refractivity contribution < 1.29 is 13.2 Å². The molecule has 0 fully saturated rings. The van der Waals surface area contributed by atoms with Crippen LogP contribution >= 0.6 is 23.1 Å². The molecule has 0 saturated carbocycles. The molecule has 1 amide bonds. The number of hydrogen-bond donors (Lipinski definition) is 3. The first-order chi connectivity index (χ1) is 13.3. The zero-order chi connectivity index (χ0) is 20.1. The average molecular weight is 436 g/mol. The van der Waals surface area contributed by atoms with E-state index in [1.165, 1.54) is 47.4 Å². The number of nitrogens with zero attached hydrogens (tertiary/aromatic N) is 2. The number of hydrogen-bond acceptors (Lipinski definition) is 8. The van der Waals surface area contributed by atoms with Gasteiger partial charge in [0.05, 0.1) is 10.1 Å². The van der Waals surface area contributed by atoms with E-state index in [-0.39, 0.29) is 10.8 Å². The van der Waals surface area contributed by atoms with Crippen LogP contribution in [0.25, 0.3) is 0 Å². The van der Waals surface area contributed by atoms with Crippen molar-refractivity contribution in [1.82, 2.24) is 10.2 Å². The lowest BCUT2D eigenvalue weighted by atomic mass is 10.3. The molecule has 0 aliphatic rings. The van der Waals surface area contributed by atoms with Gasteiger partial charge >= 0.3 is 0 Å². The molecule has 1 aromatic heterocycles. The number of para-hydroxylation sites is 1. The van der Waals surface area contributed by atoms with Gasteiger partial charge in [0.2, 0.25) is 21.1 Å².